The molecule has 0 spiro atoms. The van der Waals surface area contributed by atoms with Gasteiger partial charge in [-0.05, 0) is 38.5 Å². The molecule has 1 aromatic carbocycles. The molecule has 1 heterocycles. The van der Waals surface area contributed by atoms with Gasteiger partial charge in [-0.3, -0.25) is 4.99 Å². The second-order valence-corrected chi connectivity index (χ2v) is 7.07. The molecule has 31 heavy (non-hydrogen) atoms. The predicted octanol–water partition coefficient (Wildman–Crippen LogP) is 2.81. The summed E-state index contributed by atoms with van der Waals surface area (Å²) in [4.78, 5) is 4.31. The number of hydrogen-bond acceptors (Lipinski definition) is 5. The number of aliphatic imine (C=N–C) groups is 1. The maximum atomic E-state index is 12.7. The van der Waals surface area contributed by atoms with Gasteiger partial charge in [0, 0.05) is 19.2 Å². The minimum Gasteiger partial charge on any atom is -0.491 e. The molecular weight excluding hydrogens is 530 g/mol. The molecule has 3 unspecified atom stereocenters. The maximum Gasteiger partial charge on any atom is 0.416 e. The largest absolute Gasteiger partial charge is 0.491 e. The summed E-state index contributed by atoms with van der Waals surface area (Å²) in [6.07, 6.45) is -4.42. The van der Waals surface area contributed by atoms with E-state index in [-0.39, 0.29) is 55.0 Å². The Hall–Kier alpha value is -1.31. The third-order valence-corrected chi connectivity index (χ3v) is 4.26. The highest BCUT2D eigenvalue weighted by atomic mass is 127. The van der Waals surface area contributed by atoms with Crippen LogP contribution in [0.4, 0.5) is 13.2 Å². The molecule has 1 aromatic rings. The highest BCUT2D eigenvalue weighted by molar-refractivity contribution is 14.0. The number of aliphatic hydroxyl groups is 1. The lowest BCUT2D eigenvalue weighted by atomic mass is 10.2. The topological polar surface area (TPSA) is 84.3 Å². The first-order valence-electron chi connectivity index (χ1n) is 10.00. The molecule has 1 fully saturated rings. The van der Waals surface area contributed by atoms with E-state index >= 15 is 0 Å². The molecule has 3 N–H and O–H groups in total. The lowest BCUT2D eigenvalue weighted by Crippen LogP contribution is -2.45. The van der Waals surface area contributed by atoms with Gasteiger partial charge in [0.1, 0.15) is 18.5 Å². The molecule has 0 aromatic heterocycles. The van der Waals surface area contributed by atoms with Crippen LogP contribution in [0.1, 0.15) is 25.8 Å². The van der Waals surface area contributed by atoms with Gasteiger partial charge in [0.25, 0.3) is 0 Å². The molecule has 11 heteroatoms. The first-order valence-corrected chi connectivity index (χ1v) is 10.00. The molecular formula is C20H31F3IN3O4. The van der Waals surface area contributed by atoms with Crippen molar-refractivity contribution in [2.24, 2.45) is 4.99 Å². The predicted molar refractivity (Wildman–Crippen MR) is 122 cm³/mol. The summed E-state index contributed by atoms with van der Waals surface area (Å²) < 4.78 is 54.6. The van der Waals surface area contributed by atoms with E-state index in [2.05, 4.69) is 15.6 Å². The Bertz CT molecular complexity index is 673. The number of ether oxygens (including phenoxy) is 3. The van der Waals surface area contributed by atoms with Crippen molar-refractivity contribution in [3.8, 4) is 5.75 Å². The average Bonchev–Trinajstić information content (AvgIpc) is 3.22. The van der Waals surface area contributed by atoms with Gasteiger partial charge in [0.2, 0.25) is 0 Å². The van der Waals surface area contributed by atoms with Gasteiger partial charge in [-0.25, -0.2) is 0 Å². The van der Waals surface area contributed by atoms with Gasteiger partial charge < -0.3 is 30.0 Å². The first-order chi connectivity index (χ1) is 14.3. The number of benzene rings is 1. The fourth-order valence-corrected chi connectivity index (χ4v) is 2.72. The summed E-state index contributed by atoms with van der Waals surface area (Å²) in [5.74, 6) is 0.550. The molecule has 178 valence electrons. The van der Waals surface area contributed by atoms with Gasteiger partial charge >= 0.3 is 6.18 Å². The molecule has 0 radical (unpaired) electrons. The second-order valence-electron chi connectivity index (χ2n) is 7.07. The molecule has 0 saturated carbocycles. The molecule has 0 amide bonds. The Balaban J connectivity index is 0.00000480. The lowest BCUT2D eigenvalue weighted by Gasteiger charge is -2.20. The molecule has 1 saturated heterocycles. The van der Waals surface area contributed by atoms with Crippen LogP contribution < -0.4 is 15.4 Å². The Kier molecular flexibility index (Phi) is 12.5. The average molecular weight is 561 g/mol. The summed E-state index contributed by atoms with van der Waals surface area (Å²) in [6, 6.07) is 4.53. The zero-order chi connectivity index (χ0) is 22.0. The number of nitrogens with zero attached hydrogens (tertiary/aromatic N) is 1. The van der Waals surface area contributed by atoms with E-state index in [1.54, 1.807) is 0 Å². The van der Waals surface area contributed by atoms with E-state index < -0.39 is 17.8 Å². The van der Waals surface area contributed by atoms with Crippen LogP contribution in [-0.2, 0) is 15.7 Å². The summed E-state index contributed by atoms with van der Waals surface area (Å²) >= 11 is 0. The molecule has 1 aliphatic heterocycles. The number of guanidine groups is 1. The maximum absolute atomic E-state index is 12.7. The minimum atomic E-state index is -4.44. The molecule has 7 nitrogen and oxygen atoms in total. The van der Waals surface area contributed by atoms with Crippen LogP contribution in [0.5, 0.6) is 5.75 Å². The normalized spacial score (nSPS) is 18.8. The van der Waals surface area contributed by atoms with Crippen molar-refractivity contribution < 1.29 is 32.5 Å². The number of nitrogens with one attached hydrogen (secondary N) is 2. The molecule has 0 aliphatic carbocycles. The van der Waals surface area contributed by atoms with Crippen molar-refractivity contribution in [3.63, 3.8) is 0 Å². The zero-order valence-corrected chi connectivity index (χ0v) is 20.0. The van der Waals surface area contributed by atoms with Gasteiger partial charge in [-0.15, -0.1) is 24.0 Å². The Labute approximate surface area is 197 Å². The molecule has 3 atom stereocenters. The smallest absolute Gasteiger partial charge is 0.416 e. The third kappa shape index (κ3) is 10.7. The van der Waals surface area contributed by atoms with Gasteiger partial charge in [0.05, 0.1) is 31.4 Å². The summed E-state index contributed by atoms with van der Waals surface area (Å²) in [5, 5.41) is 16.4. The van der Waals surface area contributed by atoms with Crippen LogP contribution in [0.2, 0.25) is 0 Å². The van der Waals surface area contributed by atoms with Gasteiger partial charge in [0.15, 0.2) is 5.96 Å². The van der Waals surface area contributed by atoms with Crippen molar-refractivity contribution >= 4 is 29.9 Å². The number of rotatable bonds is 10. The molecule has 2 rings (SSSR count). The van der Waals surface area contributed by atoms with E-state index in [1.807, 2.05) is 13.8 Å². The number of hydrogen-bond donors (Lipinski definition) is 3. The summed E-state index contributed by atoms with van der Waals surface area (Å²) in [5.41, 5.74) is -0.800. The minimum absolute atomic E-state index is 0. The second kappa shape index (κ2) is 14.0. The summed E-state index contributed by atoms with van der Waals surface area (Å²) in [6.45, 7) is 6.17. The van der Waals surface area contributed by atoms with E-state index in [4.69, 9.17) is 14.2 Å². The van der Waals surface area contributed by atoms with Crippen molar-refractivity contribution in [1.29, 1.82) is 0 Å². The van der Waals surface area contributed by atoms with Gasteiger partial charge in [-0.2, -0.15) is 13.2 Å². The summed E-state index contributed by atoms with van der Waals surface area (Å²) in [7, 11) is 0. The van der Waals surface area contributed by atoms with Crippen molar-refractivity contribution in [2.45, 2.75) is 44.7 Å². The van der Waals surface area contributed by atoms with E-state index in [0.29, 0.717) is 25.7 Å². The van der Waals surface area contributed by atoms with Crippen LogP contribution in [0, 0.1) is 0 Å². The van der Waals surface area contributed by atoms with E-state index in [0.717, 1.165) is 25.2 Å². The molecule has 1 aliphatic rings. The Morgan fingerprint density at radius 2 is 2.13 bits per heavy atom. The van der Waals surface area contributed by atoms with Crippen molar-refractivity contribution in [3.05, 3.63) is 29.8 Å². The number of halogens is 4. The van der Waals surface area contributed by atoms with Crippen LogP contribution in [0.15, 0.2) is 29.3 Å². The fraction of sp³-hybridized carbons (Fsp3) is 0.650. The first kappa shape index (κ1) is 27.7. The van der Waals surface area contributed by atoms with Gasteiger partial charge in [-0.1, -0.05) is 6.07 Å². The van der Waals surface area contributed by atoms with Crippen molar-refractivity contribution in [2.75, 3.05) is 39.5 Å². The molecule has 0 bridgehead atoms. The monoisotopic (exact) mass is 561 g/mol. The third-order valence-electron chi connectivity index (χ3n) is 4.26. The van der Waals surface area contributed by atoms with Crippen LogP contribution in [0.25, 0.3) is 0 Å². The van der Waals surface area contributed by atoms with Crippen LogP contribution in [0.3, 0.4) is 0 Å². The number of aliphatic hydroxyl groups excluding tert-OH is 1. The standard InChI is InChI=1S/C20H30F3N3O4.HI/c1-3-24-19(26-14(2)11-29-18-7-8-28-13-18)25-10-16(27)12-30-17-6-4-5-15(9-17)20(21,22)23;/h4-6,9,14,16,18,27H,3,7-8,10-13H2,1-2H3,(H2,24,25,26);1H. The van der Waals surface area contributed by atoms with Crippen LogP contribution in [-0.4, -0.2) is 68.8 Å². The quantitative estimate of drug-likeness (QED) is 0.232. The van der Waals surface area contributed by atoms with E-state index in [1.165, 1.54) is 12.1 Å². The van der Waals surface area contributed by atoms with E-state index in [9.17, 15) is 18.3 Å². The highest BCUT2D eigenvalue weighted by Gasteiger charge is 2.30. The SMILES string of the molecule is CCNC(=NCC(O)COc1cccc(C(F)(F)F)c1)NC(C)COC1CCOC1.I. The Morgan fingerprint density at radius 3 is 2.77 bits per heavy atom. The van der Waals surface area contributed by atoms with Crippen molar-refractivity contribution in [1.82, 2.24) is 10.6 Å². The Morgan fingerprint density at radius 1 is 1.35 bits per heavy atom. The van der Waals surface area contributed by atoms with Crippen LogP contribution >= 0.6 is 24.0 Å². The lowest BCUT2D eigenvalue weighted by molar-refractivity contribution is -0.137. The number of alkyl halides is 3. The fourth-order valence-electron chi connectivity index (χ4n) is 2.72. The zero-order valence-electron chi connectivity index (χ0n) is 17.7. The highest BCUT2D eigenvalue weighted by Crippen LogP contribution is 2.31.